The number of piperidine rings is 1. The minimum atomic E-state index is -0.261. The maximum atomic E-state index is 12.9. The molecule has 26 heavy (non-hydrogen) atoms. The average Bonchev–Trinajstić information content (AvgIpc) is 2.96. The largest absolute Gasteiger partial charge is 0.495 e. The van der Waals surface area contributed by atoms with E-state index in [9.17, 15) is 9.59 Å². The molecule has 0 aliphatic carbocycles. The van der Waals surface area contributed by atoms with Crippen LogP contribution in [0.2, 0.25) is 5.02 Å². The van der Waals surface area contributed by atoms with Crippen LogP contribution >= 0.6 is 11.6 Å². The van der Waals surface area contributed by atoms with E-state index >= 15 is 0 Å². The predicted molar refractivity (Wildman–Crippen MR) is 102 cm³/mol. The normalized spacial score (nSPS) is 19.3. The first kappa shape index (κ1) is 19.0. The molecule has 0 unspecified atom stereocenters. The monoisotopic (exact) mass is 378 g/mol. The number of unbranched alkanes of at least 4 members (excludes halogenated alkanes) is 1. The van der Waals surface area contributed by atoms with Crippen LogP contribution in [0.15, 0.2) is 18.2 Å². The standard InChI is InChI=1S/C20H27ClN2O3/c1-3-4-11-23-14-10-20(19(23)25)8-12-22(13-9-20)18(24)15-6-5-7-16(26-2)17(15)21/h5-7H,3-4,8-14H2,1-2H3. The number of rotatable bonds is 5. The van der Waals surface area contributed by atoms with Crippen molar-refractivity contribution in [3.05, 3.63) is 28.8 Å². The summed E-state index contributed by atoms with van der Waals surface area (Å²) < 4.78 is 5.20. The van der Waals surface area contributed by atoms with E-state index in [-0.39, 0.29) is 17.2 Å². The van der Waals surface area contributed by atoms with Crippen molar-refractivity contribution < 1.29 is 14.3 Å². The van der Waals surface area contributed by atoms with Crippen LogP contribution in [0.1, 0.15) is 49.4 Å². The number of amides is 2. The van der Waals surface area contributed by atoms with E-state index in [1.54, 1.807) is 18.2 Å². The molecular formula is C20H27ClN2O3. The van der Waals surface area contributed by atoms with Crippen LogP contribution in [0.3, 0.4) is 0 Å². The zero-order valence-electron chi connectivity index (χ0n) is 15.6. The summed E-state index contributed by atoms with van der Waals surface area (Å²) in [5, 5.41) is 0.350. The number of hydrogen-bond acceptors (Lipinski definition) is 3. The van der Waals surface area contributed by atoms with Gasteiger partial charge in [-0.25, -0.2) is 0 Å². The number of likely N-dealkylation sites (tertiary alicyclic amines) is 2. The molecule has 0 radical (unpaired) electrons. The molecule has 0 N–H and O–H groups in total. The molecule has 6 heteroatoms. The Kier molecular flexibility index (Phi) is 5.76. The number of carbonyl (C=O) groups excluding carboxylic acids is 2. The lowest BCUT2D eigenvalue weighted by Crippen LogP contribution is -2.46. The predicted octanol–water partition coefficient (Wildman–Crippen LogP) is 3.60. The highest BCUT2D eigenvalue weighted by atomic mass is 35.5. The van der Waals surface area contributed by atoms with Crippen LogP contribution in [0.25, 0.3) is 0 Å². The third-order valence-corrected chi connectivity index (χ3v) is 6.19. The molecule has 1 aromatic rings. The SMILES string of the molecule is CCCCN1CCC2(CCN(C(=O)c3cccc(OC)c3Cl)CC2)C1=O. The Balaban J connectivity index is 1.66. The molecule has 0 bridgehead atoms. The van der Waals surface area contributed by atoms with Gasteiger partial charge in [-0.15, -0.1) is 0 Å². The highest BCUT2D eigenvalue weighted by molar-refractivity contribution is 6.35. The Hall–Kier alpha value is -1.75. The van der Waals surface area contributed by atoms with E-state index in [1.165, 1.54) is 7.11 Å². The molecular weight excluding hydrogens is 352 g/mol. The van der Waals surface area contributed by atoms with Gasteiger partial charge in [0.25, 0.3) is 5.91 Å². The van der Waals surface area contributed by atoms with Crippen molar-refractivity contribution in [3.63, 3.8) is 0 Å². The third kappa shape index (κ3) is 3.41. The molecule has 2 heterocycles. The van der Waals surface area contributed by atoms with Gasteiger partial charge in [0, 0.05) is 26.2 Å². The number of nitrogens with zero attached hydrogens (tertiary/aromatic N) is 2. The minimum Gasteiger partial charge on any atom is -0.495 e. The Morgan fingerprint density at radius 1 is 1.23 bits per heavy atom. The minimum absolute atomic E-state index is 0.0861. The van der Waals surface area contributed by atoms with E-state index in [2.05, 4.69) is 6.92 Å². The van der Waals surface area contributed by atoms with Crippen molar-refractivity contribution in [2.75, 3.05) is 33.3 Å². The van der Waals surface area contributed by atoms with Crippen LogP contribution in [-0.2, 0) is 4.79 Å². The molecule has 0 atom stereocenters. The summed E-state index contributed by atoms with van der Waals surface area (Å²) in [7, 11) is 1.54. The van der Waals surface area contributed by atoms with E-state index in [0.717, 1.165) is 45.2 Å². The molecule has 2 amide bonds. The molecule has 0 aromatic heterocycles. The van der Waals surface area contributed by atoms with Crippen molar-refractivity contribution in [1.29, 1.82) is 0 Å². The van der Waals surface area contributed by atoms with Crippen molar-refractivity contribution in [2.24, 2.45) is 5.41 Å². The van der Waals surface area contributed by atoms with Crippen LogP contribution in [-0.4, -0.2) is 54.9 Å². The summed E-state index contributed by atoms with van der Waals surface area (Å²) in [6.07, 6.45) is 4.54. The number of hydrogen-bond donors (Lipinski definition) is 0. The number of halogens is 1. The lowest BCUT2D eigenvalue weighted by atomic mass is 9.77. The van der Waals surface area contributed by atoms with Crippen LogP contribution in [0.5, 0.6) is 5.75 Å². The summed E-state index contributed by atoms with van der Waals surface area (Å²) >= 11 is 6.30. The number of carbonyl (C=O) groups is 2. The van der Waals surface area contributed by atoms with E-state index in [0.29, 0.717) is 29.4 Å². The van der Waals surface area contributed by atoms with Crippen molar-refractivity contribution in [2.45, 2.75) is 39.0 Å². The van der Waals surface area contributed by atoms with Gasteiger partial charge >= 0.3 is 0 Å². The van der Waals surface area contributed by atoms with E-state index in [1.807, 2.05) is 9.80 Å². The smallest absolute Gasteiger partial charge is 0.255 e. The Labute approximate surface area is 160 Å². The van der Waals surface area contributed by atoms with Crippen LogP contribution in [0, 0.1) is 5.41 Å². The molecule has 1 spiro atoms. The number of ether oxygens (including phenoxy) is 1. The van der Waals surface area contributed by atoms with Gasteiger partial charge in [-0.3, -0.25) is 9.59 Å². The second-order valence-corrected chi connectivity index (χ2v) is 7.67. The Morgan fingerprint density at radius 2 is 1.92 bits per heavy atom. The van der Waals surface area contributed by atoms with Gasteiger partial charge in [0.15, 0.2) is 0 Å². The molecule has 3 rings (SSSR count). The zero-order valence-corrected chi connectivity index (χ0v) is 16.3. The maximum absolute atomic E-state index is 12.9. The maximum Gasteiger partial charge on any atom is 0.255 e. The summed E-state index contributed by atoms with van der Waals surface area (Å²) in [5.74, 6) is 0.707. The van der Waals surface area contributed by atoms with Crippen LogP contribution < -0.4 is 4.74 Å². The first-order chi connectivity index (χ1) is 12.5. The van der Waals surface area contributed by atoms with Crippen molar-refractivity contribution in [3.8, 4) is 5.75 Å². The lowest BCUT2D eigenvalue weighted by Gasteiger charge is -2.38. The molecule has 5 nitrogen and oxygen atoms in total. The van der Waals surface area contributed by atoms with Gasteiger partial charge in [0.2, 0.25) is 5.91 Å². The highest BCUT2D eigenvalue weighted by Gasteiger charge is 2.48. The average molecular weight is 379 g/mol. The highest BCUT2D eigenvalue weighted by Crippen LogP contribution is 2.42. The number of benzene rings is 1. The molecule has 2 aliphatic heterocycles. The number of methoxy groups -OCH3 is 1. The third-order valence-electron chi connectivity index (χ3n) is 5.80. The molecule has 0 saturated carbocycles. The van der Waals surface area contributed by atoms with E-state index in [4.69, 9.17) is 16.3 Å². The lowest BCUT2D eigenvalue weighted by molar-refractivity contribution is -0.138. The fraction of sp³-hybridized carbons (Fsp3) is 0.600. The van der Waals surface area contributed by atoms with Gasteiger partial charge in [-0.05, 0) is 37.8 Å². The van der Waals surface area contributed by atoms with Gasteiger partial charge in [0.05, 0.1) is 23.1 Å². The fourth-order valence-electron chi connectivity index (χ4n) is 4.06. The summed E-state index contributed by atoms with van der Waals surface area (Å²) in [5.41, 5.74) is 0.201. The summed E-state index contributed by atoms with van der Waals surface area (Å²) in [4.78, 5) is 29.6. The van der Waals surface area contributed by atoms with Crippen LogP contribution in [0.4, 0.5) is 0 Å². The topological polar surface area (TPSA) is 49.9 Å². The van der Waals surface area contributed by atoms with E-state index < -0.39 is 0 Å². The first-order valence-corrected chi connectivity index (χ1v) is 9.81. The Bertz CT molecular complexity index is 684. The van der Waals surface area contributed by atoms with Gasteiger partial charge in [-0.2, -0.15) is 0 Å². The van der Waals surface area contributed by atoms with Gasteiger partial charge in [0.1, 0.15) is 5.75 Å². The summed E-state index contributed by atoms with van der Waals surface area (Å²) in [6, 6.07) is 5.24. The van der Waals surface area contributed by atoms with Crippen molar-refractivity contribution >= 4 is 23.4 Å². The molecule has 2 aliphatic rings. The zero-order chi connectivity index (χ0) is 18.7. The second kappa shape index (κ2) is 7.87. The second-order valence-electron chi connectivity index (χ2n) is 7.29. The molecule has 2 saturated heterocycles. The Morgan fingerprint density at radius 3 is 2.58 bits per heavy atom. The molecule has 2 fully saturated rings. The first-order valence-electron chi connectivity index (χ1n) is 9.43. The molecule has 1 aromatic carbocycles. The fourth-order valence-corrected chi connectivity index (χ4v) is 4.34. The molecule has 142 valence electrons. The quantitative estimate of drug-likeness (QED) is 0.786. The van der Waals surface area contributed by atoms with Crippen molar-refractivity contribution in [1.82, 2.24) is 9.80 Å². The van der Waals surface area contributed by atoms with Gasteiger partial charge in [-0.1, -0.05) is 31.0 Å². The summed E-state index contributed by atoms with van der Waals surface area (Å²) in [6.45, 7) is 5.05. The van der Waals surface area contributed by atoms with Gasteiger partial charge < -0.3 is 14.5 Å².